The fourth-order valence-corrected chi connectivity index (χ4v) is 3.28. The molecule has 0 amide bonds. The molecular weight excluding hydrogens is 488 g/mol. The van der Waals surface area contributed by atoms with Crippen molar-refractivity contribution in [3.8, 4) is 0 Å². The number of aliphatic imine (C=N–C) groups is 1. The minimum Gasteiger partial charge on any atom is -0.386 e. The molecule has 1 aliphatic rings. The molecule has 2 aromatic rings. The van der Waals surface area contributed by atoms with E-state index in [1.807, 2.05) is 19.9 Å². The van der Waals surface area contributed by atoms with Gasteiger partial charge in [0, 0.05) is 50.9 Å². The van der Waals surface area contributed by atoms with E-state index < -0.39 is 11.9 Å². The van der Waals surface area contributed by atoms with Crippen LogP contribution in [0.3, 0.4) is 0 Å². The first-order chi connectivity index (χ1) is 13.6. The number of aliphatic hydroxyl groups excluding tert-OH is 1. The minimum absolute atomic E-state index is 0. The molecule has 9 heteroatoms. The van der Waals surface area contributed by atoms with Gasteiger partial charge in [0.2, 0.25) is 0 Å². The van der Waals surface area contributed by atoms with E-state index in [9.17, 15) is 9.50 Å². The fraction of sp³-hybridized carbons (Fsp3) is 0.500. The van der Waals surface area contributed by atoms with E-state index >= 15 is 0 Å². The van der Waals surface area contributed by atoms with Crippen molar-refractivity contribution in [1.82, 2.24) is 20.3 Å². The number of benzene rings is 1. The normalized spacial score (nSPS) is 16.4. The third-order valence-corrected chi connectivity index (χ3v) is 4.75. The van der Waals surface area contributed by atoms with Crippen molar-refractivity contribution in [3.05, 3.63) is 53.2 Å². The van der Waals surface area contributed by atoms with Crippen LogP contribution in [0.25, 0.3) is 0 Å². The maximum absolute atomic E-state index is 13.8. The third kappa shape index (κ3) is 6.65. The molecule has 1 aromatic carbocycles. The topological polar surface area (TPSA) is 77.1 Å². The van der Waals surface area contributed by atoms with Crippen LogP contribution in [0.4, 0.5) is 4.39 Å². The lowest BCUT2D eigenvalue weighted by Gasteiger charge is -2.36. The van der Waals surface area contributed by atoms with E-state index in [0.717, 1.165) is 56.7 Å². The molecule has 1 saturated heterocycles. The zero-order valence-electron chi connectivity index (χ0n) is 16.8. The van der Waals surface area contributed by atoms with Crippen LogP contribution in [0.5, 0.6) is 0 Å². The lowest BCUT2D eigenvalue weighted by Crippen LogP contribution is -2.52. The SMILES string of the molecule is CCNC(=NCC(O)c1ccccc1F)N1CCN(Cc2cc(C)on2)CC1.I. The van der Waals surface area contributed by atoms with Crippen molar-refractivity contribution in [3.63, 3.8) is 0 Å². The highest BCUT2D eigenvalue weighted by Crippen LogP contribution is 2.17. The number of hydrogen-bond acceptors (Lipinski definition) is 5. The van der Waals surface area contributed by atoms with Crippen molar-refractivity contribution >= 4 is 29.9 Å². The summed E-state index contributed by atoms with van der Waals surface area (Å²) in [6.45, 7) is 8.91. The Morgan fingerprint density at radius 3 is 2.66 bits per heavy atom. The van der Waals surface area contributed by atoms with Gasteiger partial charge in [-0.2, -0.15) is 0 Å². The van der Waals surface area contributed by atoms with E-state index in [-0.39, 0.29) is 36.1 Å². The first-order valence-electron chi connectivity index (χ1n) is 9.67. The van der Waals surface area contributed by atoms with Gasteiger partial charge in [0.05, 0.1) is 12.2 Å². The van der Waals surface area contributed by atoms with Gasteiger partial charge in [0.1, 0.15) is 17.7 Å². The highest BCUT2D eigenvalue weighted by Gasteiger charge is 2.21. The first kappa shape index (κ1) is 23.6. The molecule has 2 heterocycles. The van der Waals surface area contributed by atoms with Crippen LogP contribution in [0.15, 0.2) is 39.8 Å². The lowest BCUT2D eigenvalue weighted by molar-refractivity contribution is 0.165. The van der Waals surface area contributed by atoms with E-state index in [2.05, 4.69) is 25.3 Å². The van der Waals surface area contributed by atoms with Crippen LogP contribution in [0.2, 0.25) is 0 Å². The van der Waals surface area contributed by atoms with E-state index in [1.54, 1.807) is 18.2 Å². The highest BCUT2D eigenvalue weighted by atomic mass is 127. The molecule has 1 aliphatic heterocycles. The Labute approximate surface area is 188 Å². The molecule has 0 aliphatic carbocycles. The van der Waals surface area contributed by atoms with Crippen LogP contribution in [-0.2, 0) is 6.54 Å². The Bertz CT molecular complexity index is 793. The van der Waals surface area contributed by atoms with Gasteiger partial charge in [-0.25, -0.2) is 4.39 Å². The second-order valence-corrected chi connectivity index (χ2v) is 6.92. The van der Waals surface area contributed by atoms with Crippen LogP contribution >= 0.6 is 24.0 Å². The molecule has 0 radical (unpaired) electrons. The Kier molecular flexibility index (Phi) is 9.31. The number of aliphatic hydroxyl groups is 1. The summed E-state index contributed by atoms with van der Waals surface area (Å²) in [5.74, 6) is 1.16. The van der Waals surface area contributed by atoms with Crippen molar-refractivity contribution in [1.29, 1.82) is 0 Å². The van der Waals surface area contributed by atoms with Gasteiger partial charge >= 0.3 is 0 Å². The number of aryl methyl sites for hydroxylation is 1. The molecule has 0 spiro atoms. The van der Waals surface area contributed by atoms with Gasteiger partial charge < -0.3 is 19.8 Å². The molecule has 1 unspecified atom stereocenters. The van der Waals surface area contributed by atoms with E-state index in [4.69, 9.17) is 4.52 Å². The number of piperazine rings is 1. The summed E-state index contributed by atoms with van der Waals surface area (Å²) in [5.41, 5.74) is 1.22. The monoisotopic (exact) mass is 517 g/mol. The zero-order valence-corrected chi connectivity index (χ0v) is 19.2. The number of rotatable bonds is 6. The Morgan fingerprint density at radius 2 is 2.03 bits per heavy atom. The van der Waals surface area contributed by atoms with Crippen molar-refractivity contribution < 1.29 is 14.0 Å². The van der Waals surface area contributed by atoms with Gasteiger partial charge in [0.25, 0.3) is 0 Å². The van der Waals surface area contributed by atoms with Crippen molar-refractivity contribution in [2.75, 3.05) is 39.3 Å². The van der Waals surface area contributed by atoms with Gasteiger partial charge in [-0.3, -0.25) is 9.89 Å². The highest BCUT2D eigenvalue weighted by molar-refractivity contribution is 14.0. The number of halogens is 2. The quantitative estimate of drug-likeness (QED) is 0.349. The van der Waals surface area contributed by atoms with Crippen LogP contribution in [-0.4, -0.2) is 65.3 Å². The number of guanidine groups is 1. The molecule has 1 fully saturated rings. The Hall–Kier alpha value is -1.72. The maximum atomic E-state index is 13.8. The summed E-state index contributed by atoms with van der Waals surface area (Å²) in [7, 11) is 0. The zero-order chi connectivity index (χ0) is 19.9. The van der Waals surface area contributed by atoms with Gasteiger partial charge in [-0.15, -0.1) is 24.0 Å². The van der Waals surface area contributed by atoms with Gasteiger partial charge in [-0.05, 0) is 19.9 Å². The summed E-state index contributed by atoms with van der Waals surface area (Å²) in [6, 6.07) is 8.22. The average Bonchev–Trinajstić information content (AvgIpc) is 3.10. The number of hydrogen-bond donors (Lipinski definition) is 2. The molecule has 2 N–H and O–H groups in total. The summed E-state index contributed by atoms with van der Waals surface area (Å²) in [6.07, 6.45) is -0.966. The summed E-state index contributed by atoms with van der Waals surface area (Å²) in [5, 5.41) is 17.6. The fourth-order valence-electron chi connectivity index (χ4n) is 3.28. The summed E-state index contributed by atoms with van der Waals surface area (Å²) >= 11 is 0. The van der Waals surface area contributed by atoms with Crippen molar-refractivity contribution in [2.24, 2.45) is 4.99 Å². The molecule has 160 valence electrons. The third-order valence-electron chi connectivity index (χ3n) is 4.75. The second-order valence-electron chi connectivity index (χ2n) is 6.92. The van der Waals surface area contributed by atoms with Gasteiger partial charge in [-0.1, -0.05) is 23.4 Å². The standard InChI is InChI=1S/C20H28FN5O2.HI/c1-3-22-20(23-13-19(27)17-6-4-5-7-18(17)21)26-10-8-25(9-11-26)14-16-12-15(2)28-24-16;/h4-7,12,19,27H,3,8-11,13-14H2,1-2H3,(H,22,23);1H. The van der Waals surface area contributed by atoms with E-state index in [0.29, 0.717) is 0 Å². The number of aromatic nitrogens is 1. The van der Waals surface area contributed by atoms with Crippen LogP contribution in [0, 0.1) is 12.7 Å². The summed E-state index contributed by atoms with van der Waals surface area (Å²) in [4.78, 5) is 9.03. The molecule has 0 saturated carbocycles. The second kappa shape index (κ2) is 11.5. The van der Waals surface area contributed by atoms with Crippen LogP contribution in [0.1, 0.15) is 30.0 Å². The van der Waals surface area contributed by atoms with E-state index in [1.165, 1.54) is 6.07 Å². The number of nitrogens with one attached hydrogen (secondary N) is 1. The predicted molar refractivity (Wildman–Crippen MR) is 121 cm³/mol. The molecule has 7 nitrogen and oxygen atoms in total. The largest absolute Gasteiger partial charge is 0.386 e. The van der Waals surface area contributed by atoms with Crippen molar-refractivity contribution in [2.45, 2.75) is 26.5 Å². The lowest BCUT2D eigenvalue weighted by atomic mass is 10.1. The first-order valence-corrected chi connectivity index (χ1v) is 9.67. The Morgan fingerprint density at radius 1 is 1.31 bits per heavy atom. The smallest absolute Gasteiger partial charge is 0.194 e. The molecule has 1 aromatic heterocycles. The van der Waals surface area contributed by atoms with Gasteiger partial charge in [0.15, 0.2) is 5.96 Å². The van der Waals surface area contributed by atoms with Crippen LogP contribution < -0.4 is 5.32 Å². The maximum Gasteiger partial charge on any atom is 0.194 e. The minimum atomic E-state index is -0.966. The molecular formula is C20H29FIN5O2. The molecule has 1 atom stereocenters. The number of nitrogens with zero attached hydrogens (tertiary/aromatic N) is 4. The molecule has 29 heavy (non-hydrogen) atoms. The molecule has 0 bridgehead atoms. The molecule has 3 rings (SSSR count). The summed E-state index contributed by atoms with van der Waals surface area (Å²) < 4.78 is 19.0. The Balaban J connectivity index is 0.00000300. The predicted octanol–water partition coefficient (Wildman–Crippen LogP) is 2.56. The average molecular weight is 517 g/mol.